The molecule has 0 spiro atoms. The average molecular weight is 278 g/mol. The van der Waals surface area contributed by atoms with E-state index in [2.05, 4.69) is 22.4 Å². The molecule has 0 amide bonds. The van der Waals surface area contributed by atoms with Crippen LogP contribution in [0, 0.1) is 0 Å². The highest BCUT2D eigenvalue weighted by Crippen LogP contribution is 2.18. The van der Waals surface area contributed by atoms with E-state index in [1.807, 2.05) is 18.3 Å². The van der Waals surface area contributed by atoms with E-state index in [0.29, 0.717) is 17.5 Å². The van der Waals surface area contributed by atoms with Crippen molar-refractivity contribution in [2.24, 2.45) is 0 Å². The number of fused-ring (bicyclic) bond motifs is 1. The van der Waals surface area contributed by atoms with E-state index in [-0.39, 0.29) is 0 Å². The SMILES string of the molecule is O=S1(=O)CCC(NCc2c[nH]c3ccccc23)CC1. The zero-order valence-corrected chi connectivity index (χ0v) is 11.5. The summed E-state index contributed by atoms with van der Waals surface area (Å²) in [6.07, 6.45) is 3.48. The molecule has 0 aliphatic carbocycles. The molecule has 4 nitrogen and oxygen atoms in total. The molecule has 0 unspecified atom stereocenters. The van der Waals surface area contributed by atoms with E-state index >= 15 is 0 Å². The maximum absolute atomic E-state index is 11.4. The normalized spacial score (nSPS) is 19.8. The van der Waals surface area contributed by atoms with Gasteiger partial charge in [0.15, 0.2) is 0 Å². The van der Waals surface area contributed by atoms with Crippen LogP contribution in [-0.4, -0.2) is 30.9 Å². The van der Waals surface area contributed by atoms with E-state index in [1.54, 1.807) is 0 Å². The number of hydrogen-bond donors (Lipinski definition) is 2. The number of H-pyrrole nitrogens is 1. The van der Waals surface area contributed by atoms with Crippen molar-refractivity contribution in [2.45, 2.75) is 25.4 Å². The van der Waals surface area contributed by atoms with Gasteiger partial charge in [0, 0.05) is 29.7 Å². The van der Waals surface area contributed by atoms with Gasteiger partial charge in [-0.15, -0.1) is 0 Å². The van der Waals surface area contributed by atoms with Gasteiger partial charge in [-0.05, 0) is 24.5 Å². The van der Waals surface area contributed by atoms with Crippen LogP contribution < -0.4 is 5.32 Å². The van der Waals surface area contributed by atoms with Gasteiger partial charge in [-0.3, -0.25) is 0 Å². The number of nitrogens with one attached hydrogen (secondary N) is 2. The van der Waals surface area contributed by atoms with Crippen LogP contribution in [0.2, 0.25) is 0 Å². The van der Waals surface area contributed by atoms with Gasteiger partial charge in [-0.1, -0.05) is 18.2 Å². The molecule has 1 aliphatic rings. The van der Waals surface area contributed by atoms with Gasteiger partial charge < -0.3 is 10.3 Å². The molecule has 19 heavy (non-hydrogen) atoms. The Bertz CT molecular complexity index is 662. The minimum Gasteiger partial charge on any atom is -0.361 e. The van der Waals surface area contributed by atoms with Crippen molar-refractivity contribution in [1.82, 2.24) is 10.3 Å². The van der Waals surface area contributed by atoms with Crippen molar-refractivity contribution in [3.8, 4) is 0 Å². The summed E-state index contributed by atoms with van der Waals surface area (Å²) in [5.41, 5.74) is 2.38. The third kappa shape index (κ3) is 2.82. The van der Waals surface area contributed by atoms with Gasteiger partial charge >= 0.3 is 0 Å². The van der Waals surface area contributed by atoms with Gasteiger partial charge in [0.2, 0.25) is 0 Å². The summed E-state index contributed by atoms with van der Waals surface area (Å²) in [4.78, 5) is 3.25. The van der Waals surface area contributed by atoms with Gasteiger partial charge in [-0.2, -0.15) is 0 Å². The van der Waals surface area contributed by atoms with Gasteiger partial charge in [-0.25, -0.2) is 8.42 Å². The van der Waals surface area contributed by atoms with Crippen molar-refractivity contribution >= 4 is 20.7 Å². The summed E-state index contributed by atoms with van der Waals surface area (Å²) in [7, 11) is -2.77. The molecule has 1 aliphatic heterocycles. The fourth-order valence-corrected chi connectivity index (χ4v) is 4.12. The maximum atomic E-state index is 11.4. The number of aromatic nitrogens is 1. The summed E-state index contributed by atoms with van der Waals surface area (Å²) in [5, 5.41) is 4.70. The summed E-state index contributed by atoms with van der Waals surface area (Å²) in [6, 6.07) is 8.53. The van der Waals surface area contributed by atoms with Crippen molar-refractivity contribution < 1.29 is 8.42 Å². The van der Waals surface area contributed by atoms with Crippen LogP contribution in [0.4, 0.5) is 0 Å². The Labute approximate surface area is 113 Å². The lowest BCUT2D eigenvalue weighted by Gasteiger charge is -2.22. The molecule has 0 atom stereocenters. The molecule has 1 aromatic carbocycles. The van der Waals surface area contributed by atoms with Crippen molar-refractivity contribution in [1.29, 1.82) is 0 Å². The van der Waals surface area contributed by atoms with Gasteiger partial charge in [0.25, 0.3) is 0 Å². The number of rotatable bonds is 3. The Morgan fingerprint density at radius 1 is 1.21 bits per heavy atom. The second-order valence-electron chi connectivity index (χ2n) is 5.17. The van der Waals surface area contributed by atoms with Crippen molar-refractivity contribution in [3.63, 3.8) is 0 Å². The Kier molecular flexibility index (Phi) is 3.33. The summed E-state index contributed by atoms with van der Waals surface area (Å²) < 4.78 is 22.7. The first-order chi connectivity index (χ1) is 9.14. The third-order valence-corrected chi connectivity index (χ3v) is 5.53. The molecule has 1 saturated heterocycles. The number of para-hydroxylation sites is 1. The van der Waals surface area contributed by atoms with Crippen LogP contribution in [0.15, 0.2) is 30.5 Å². The summed E-state index contributed by atoms with van der Waals surface area (Å²) in [5.74, 6) is 0.636. The lowest BCUT2D eigenvalue weighted by Crippen LogP contribution is -2.37. The quantitative estimate of drug-likeness (QED) is 0.900. The molecule has 2 heterocycles. The predicted octanol–water partition coefficient (Wildman–Crippen LogP) is 1.83. The van der Waals surface area contributed by atoms with Crippen LogP contribution in [0.5, 0.6) is 0 Å². The first-order valence-electron chi connectivity index (χ1n) is 6.63. The first-order valence-corrected chi connectivity index (χ1v) is 8.45. The molecule has 2 aromatic rings. The standard InChI is InChI=1S/C14H18N2O2S/c17-19(18)7-5-12(6-8-19)15-9-11-10-16-14-4-2-1-3-13(11)14/h1-4,10,12,15-16H,5-9H2. The second-order valence-corrected chi connectivity index (χ2v) is 7.47. The van der Waals surface area contributed by atoms with Crippen LogP contribution in [0.1, 0.15) is 18.4 Å². The van der Waals surface area contributed by atoms with E-state index < -0.39 is 9.84 Å². The van der Waals surface area contributed by atoms with Crippen LogP contribution in [0.25, 0.3) is 10.9 Å². The molecule has 0 radical (unpaired) electrons. The number of aromatic amines is 1. The molecule has 0 saturated carbocycles. The smallest absolute Gasteiger partial charge is 0.150 e. The molecular formula is C14H18N2O2S. The highest BCUT2D eigenvalue weighted by Gasteiger charge is 2.23. The summed E-state index contributed by atoms with van der Waals surface area (Å²) in [6.45, 7) is 0.786. The second kappa shape index (κ2) is 4.98. The van der Waals surface area contributed by atoms with Crippen molar-refractivity contribution in [3.05, 3.63) is 36.0 Å². The lowest BCUT2D eigenvalue weighted by molar-refractivity contribution is 0.464. The Balaban J connectivity index is 1.64. The minimum atomic E-state index is -2.77. The zero-order valence-electron chi connectivity index (χ0n) is 10.7. The Hall–Kier alpha value is -1.33. The predicted molar refractivity (Wildman–Crippen MR) is 76.8 cm³/mol. The van der Waals surface area contributed by atoms with Crippen LogP contribution >= 0.6 is 0 Å². The monoisotopic (exact) mass is 278 g/mol. The number of sulfone groups is 1. The van der Waals surface area contributed by atoms with Crippen molar-refractivity contribution in [2.75, 3.05) is 11.5 Å². The van der Waals surface area contributed by atoms with E-state index in [4.69, 9.17) is 0 Å². The van der Waals surface area contributed by atoms with Gasteiger partial charge in [0.1, 0.15) is 9.84 Å². The maximum Gasteiger partial charge on any atom is 0.150 e. The van der Waals surface area contributed by atoms with Gasteiger partial charge in [0.05, 0.1) is 11.5 Å². The average Bonchev–Trinajstić information content (AvgIpc) is 2.81. The molecule has 2 N–H and O–H groups in total. The van der Waals surface area contributed by atoms with E-state index in [1.165, 1.54) is 10.9 Å². The molecule has 102 valence electrons. The number of benzene rings is 1. The Morgan fingerprint density at radius 3 is 2.74 bits per heavy atom. The lowest BCUT2D eigenvalue weighted by atomic mass is 10.1. The molecule has 5 heteroatoms. The topological polar surface area (TPSA) is 62.0 Å². The molecule has 1 fully saturated rings. The molecule has 1 aromatic heterocycles. The molecular weight excluding hydrogens is 260 g/mol. The largest absolute Gasteiger partial charge is 0.361 e. The fourth-order valence-electron chi connectivity index (χ4n) is 2.63. The van der Waals surface area contributed by atoms with Crippen LogP contribution in [0.3, 0.4) is 0 Å². The zero-order chi connectivity index (χ0) is 13.3. The van der Waals surface area contributed by atoms with E-state index in [0.717, 1.165) is 24.9 Å². The fraction of sp³-hybridized carbons (Fsp3) is 0.429. The minimum absolute atomic E-state index is 0.317. The van der Waals surface area contributed by atoms with E-state index in [9.17, 15) is 8.42 Å². The molecule has 0 bridgehead atoms. The highest BCUT2D eigenvalue weighted by molar-refractivity contribution is 7.91. The molecule has 3 rings (SSSR count). The first kappa shape index (κ1) is 12.7. The summed E-state index contributed by atoms with van der Waals surface area (Å²) >= 11 is 0. The number of hydrogen-bond acceptors (Lipinski definition) is 3. The highest BCUT2D eigenvalue weighted by atomic mass is 32.2. The van der Waals surface area contributed by atoms with Crippen LogP contribution in [-0.2, 0) is 16.4 Å². The third-order valence-electron chi connectivity index (χ3n) is 3.81. The Morgan fingerprint density at radius 2 is 1.95 bits per heavy atom.